The number of rotatable bonds is 5. The van der Waals surface area contributed by atoms with Crippen LogP contribution in [0.4, 0.5) is 0 Å². The minimum atomic E-state index is -0.914. The van der Waals surface area contributed by atoms with E-state index < -0.39 is 12.1 Å². The van der Waals surface area contributed by atoms with Gasteiger partial charge in [-0.15, -0.1) is 0 Å². The van der Waals surface area contributed by atoms with Gasteiger partial charge < -0.3 is 10.1 Å². The number of nitrogens with zero attached hydrogens (tertiary/aromatic N) is 1. The van der Waals surface area contributed by atoms with Crippen molar-refractivity contribution in [2.75, 3.05) is 0 Å². The van der Waals surface area contributed by atoms with Gasteiger partial charge in [-0.05, 0) is 38.3 Å². The highest BCUT2D eigenvalue weighted by Gasteiger charge is 2.27. The van der Waals surface area contributed by atoms with Crippen molar-refractivity contribution in [2.24, 2.45) is 0 Å². The molecule has 1 amide bonds. The minimum Gasteiger partial charge on any atom is -0.448 e. The summed E-state index contributed by atoms with van der Waals surface area (Å²) in [5.41, 5.74) is 1.69. The Hall–Kier alpha value is -2.61. The van der Waals surface area contributed by atoms with Crippen LogP contribution in [0.2, 0.25) is 0 Å². The van der Waals surface area contributed by atoms with Gasteiger partial charge in [0, 0.05) is 6.04 Å². The number of aryl methyl sites for hydroxylation is 1. The molecule has 0 radical (unpaired) electrons. The Kier molecular flexibility index (Phi) is 4.95. The third kappa shape index (κ3) is 4.45. The van der Waals surface area contributed by atoms with Gasteiger partial charge in [-0.25, -0.2) is 4.79 Å². The Morgan fingerprint density at radius 2 is 2.00 bits per heavy atom. The summed E-state index contributed by atoms with van der Waals surface area (Å²) in [6.45, 7) is 3.45. The van der Waals surface area contributed by atoms with Crippen LogP contribution in [0, 0.1) is 18.3 Å². The fourth-order valence-electron chi connectivity index (χ4n) is 1.79. The van der Waals surface area contributed by atoms with Crippen LogP contribution in [0.3, 0.4) is 0 Å². The van der Waals surface area contributed by atoms with E-state index in [0.717, 1.165) is 24.0 Å². The number of hydrogen-bond donors (Lipinski definition) is 1. The largest absolute Gasteiger partial charge is 0.448 e. The molecule has 0 aromatic heterocycles. The average molecular weight is 298 g/mol. The molecule has 22 heavy (non-hydrogen) atoms. The summed E-state index contributed by atoms with van der Waals surface area (Å²) < 4.78 is 5.05. The molecule has 1 aromatic rings. The zero-order chi connectivity index (χ0) is 16.1. The minimum absolute atomic E-state index is 0.130. The molecule has 1 fully saturated rings. The lowest BCUT2D eigenvalue weighted by molar-refractivity contribution is -0.150. The van der Waals surface area contributed by atoms with E-state index in [-0.39, 0.29) is 17.5 Å². The molecule has 0 spiro atoms. The van der Waals surface area contributed by atoms with Crippen LogP contribution < -0.4 is 5.32 Å². The first-order valence-corrected chi connectivity index (χ1v) is 7.19. The smallest absolute Gasteiger partial charge is 0.349 e. The molecule has 114 valence electrons. The molecule has 5 nitrogen and oxygen atoms in total. The van der Waals surface area contributed by atoms with Gasteiger partial charge in [0.1, 0.15) is 11.6 Å². The lowest BCUT2D eigenvalue weighted by Gasteiger charge is -2.12. The van der Waals surface area contributed by atoms with Gasteiger partial charge in [-0.1, -0.05) is 29.8 Å². The molecule has 2 rings (SSSR count). The zero-order valence-corrected chi connectivity index (χ0v) is 12.6. The second-order valence-corrected chi connectivity index (χ2v) is 5.41. The maximum Gasteiger partial charge on any atom is 0.349 e. The maximum absolute atomic E-state index is 12.0. The number of benzene rings is 1. The van der Waals surface area contributed by atoms with Gasteiger partial charge in [-0.2, -0.15) is 5.26 Å². The molecule has 1 atom stereocenters. The van der Waals surface area contributed by atoms with Crippen LogP contribution in [0.5, 0.6) is 0 Å². The van der Waals surface area contributed by atoms with E-state index in [4.69, 9.17) is 10.00 Å². The highest BCUT2D eigenvalue weighted by Crippen LogP contribution is 2.19. The van der Waals surface area contributed by atoms with Crippen molar-refractivity contribution in [1.29, 1.82) is 5.26 Å². The van der Waals surface area contributed by atoms with E-state index in [9.17, 15) is 9.59 Å². The lowest BCUT2D eigenvalue weighted by Crippen LogP contribution is -2.37. The third-order valence-electron chi connectivity index (χ3n) is 3.31. The normalized spacial score (nSPS) is 15.6. The molecule has 1 N–H and O–H groups in total. The number of esters is 1. The molecule has 1 aliphatic carbocycles. The fourth-order valence-corrected chi connectivity index (χ4v) is 1.79. The molecule has 0 heterocycles. The van der Waals surface area contributed by atoms with Crippen molar-refractivity contribution in [3.63, 3.8) is 0 Å². The molecular formula is C17H18N2O3. The van der Waals surface area contributed by atoms with Crippen molar-refractivity contribution >= 4 is 18.0 Å². The van der Waals surface area contributed by atoms with Gasteiger partial charge >= 0.3 is 5.97 Å². The Bertz CT molecular complexity index is 637. The maximum atomic E-state index is 12.0. The zero-order valence-electron chi connectivity index (χ0n) is 12.6. The Morgan fingerprint density at radius 3 is 2.55 bits per heavy atom. The van der Waals surface area contributed by atoms with E-state index >= 15 is 0 Å². The van der Waals surface area contributed by atoms with Crippen molar-refractivity contribution in [2.45, 2.75) is 38.8 Å². The molecule has 0 unspecified atom stereocenters. The number of amides is 1. The molecule has 0 bridgehead atoms. The Balaban J connectivity index is 2.00. The van der Waals surface area contributed by atoms with Crippen LogP contribution >= 0.6 is 0 Å². The molecular weight excluding hydrogens is 280 g/mol. The van der Waals surface area contributed by atoms with Gasteiger partial charge in [0.2, 0.25) is 0 Å². The lowest BCUT2D eigenvalue weighted by atomic mass is 10.1. The van der Waals surface area contributed by atoms with E-state index in [1.807, 2.05) is 37.3 Å². The molecule has 0 saturated heterocycles. The number of nitrogens with one attached hydrogen (secondary N) is 1. The number of carbonyl (C=O) groups is 2. The SMILES string of the molecule is Cc1ccc(/C=C(\C#N)C(=O)O[C@H](C)C(=O)NC2CC2)cc1. The van der Waals surface area contributed by atoms with Gasteiger partial charge in [-0.3, -0.25) is 4.79 Å². The average Bonchev–Trinajstić information content (AvgIpc) is 3.30. The van der Waals surface area contributed by atoms with Gasteiger partial charge in [0.05, 0.1) is 0 Å². The monoisotopic (exact) mass is 298 g/mol. The first-order valence-electron chi connectivity index (χ1n) is 7.19. The van der Waals surface area contributed by atoms with Crippen molar-refractivity contribution in [3.8, 4) is 6.07 Å². The Morgan fingerprint density at radius 1 is 1.36 bits per heavy atom. The summed E-state index contributed by atoms with van der Waals surface area (Å²) in [5.74, 6) is -1.12. The second kappa shape index (κ2) is 6.90. The number of ether oxygens (including phenoxy) is 1. The van der Waals surface area contributed by atoms with Crippen molar-refractivity contribution in [1.82, 2.24) is 5.32 Å². The summed E-state index contributed by atoms with van der Waals surface area (Å²) in [6, 6.07) is 9.41. The van der Waals surface area contributed by atoms with E-state index in [1.54, 1.807) is 0 Å². The van der Waals surface area contributed by atoms with Crippen LogP contribution in [0.1, 0.15) is 30.9 Å². The molecule has 1 aliphatic rings. The summed E-state index contributed by atoms with van der Waals surface area (Å²) in [6.07, 6.45) is 2.46. The van der Waals surface area contributed by atoms with Crippen LogP contribution in [0.15, 0.2) is 29.8 Å². The number of nitriles is 1. The third-order valence-corrected chi connectivity index (χ3v) is 3.31. The summed E-state index contributed by atoms with van der Waals surface area (Å²) in [7, 11) is 0. The highest BCUT2D eigenvalue weighted by atomic mass is 16.5. The van der Waals surface area contributed by atoms with Crippen molar-refractivity contribution < 1.29 is 14.3 Å². The first kappa shape index (κ1) is 15.8. The van der Waals surface area contributed by atoms with Gasteiger partial charge in [0.15, 0.2) is 6.10 Å². The van der Waals surface area contributed by atoms with E-state index in [2.05, 4.69) is 5.32 Å². The van der Waals surface area contributed by atoms with E-state index in [1.165, 1.54) is 13.0 Å². The highest BCUT2D eigenvalue weighted by molar-refractivity contribution is 5.99. The number of hydrogen-bond acceptors (Lipinski definition) is 4. The number of carbonyl (C=O) groups excluding carboxylic acids is 2. The first-order chi connectivity index (χ1) is 10.5. The summed E-state index contributed by atoms with van der Waals surface area (Å²) in [5, 5.41) is 11.9. The quantitative estimate of drug-likeness (QED) is 0.513. The topological polar surface area (TPSA) is 79.2 Å². The predicted molar refractivity (Wildman–Crippen MR) is 81.5 cm³/mol. The molecule has 1 saturated carbocycles. The van der Waals surface area contributed by atoms with Gasteiger partial charge in [0.25, 0.3) is 5.91 Å². The summed E-state index contributed by atoms with van der Waals surface area (Å²) in [4.78, 5) is 23.7. The van der Waals surface area contributed by atoms with Crippen molar-refractivity contribution in [3.05, 3.63) is 41.0 Å². The molecule has 1 aromatic carbocycles. The summed E-state index contributed by atoms with van der Waals surface area (Å²) >= 11 is 0. The standard InChI is InChI=1S/C17H18N2O3/c1-11-3-5-13(6-4-11)9-14(10-18)17(21)22-12(2)16(20)19-15-7-8-15/h3-6,9,12,15H,7-8H2,1-2H3,(H,19,20)/b14-9+/t12-/m1/s1. The Labute approximate surface area is 129 Å². The fraction of sp³-hybridized carbons (Fsp3) is 0.353. The van der Waals surface area contributed by atoms with Crippen LogP contribution in [0.25, 0.3) is 6.08 Å². The second-order valence-electron chi connectivity index (χ2n) is 5.41. The van der Waals surface area contributed by atoms with E-state index in [0.29, 0.717) is 0 Å². The molecule has 5 heteroatoms. The predicted octanol–water partition coefficient (Wildman–Crippen LogP) is 2.11. The van der Waals surface area contributed by atoms with Crippen LogP contribution in [-0.2, 0) is 14.3 Å². The van der Waals surface area contributed by atoms with Crippen LogP contribution in [-0.4, -0.2) is 24.0 Å². The molecule has 0 aliphatic heterocycles.